The number of rotatable bonds is 7. The first kappa shape index (κ1) is 20.5. The molecule has 1 aliphatic heterocycles. The maximum atomic E-state index is 12.5. The molecule has 0 aromatic heterocycles. The van der Waals surface area contributed by atoms with Crippen molar-refractivity contribution in [2.45, 2.75) is 19.1 Å². The molecule has 0 saturated heterocycles. The van der Waals surface area contributed by atoms with E-state index in [0.717, 1.165) is 34.2 Å². The fourth-order valence-corrected chi connectivity index (χ4v) is 4.68. The van der Waals surface area contributed by atoms with Crippen molar-refractivity contribution in [1.82, 2.24) is 0 Å². The number of aryl methyl sites for hydroxylation is 1. The summed E-state index contributed by atoms with van der Waals surface area (Å²) in [5.41, 5.74) is 3.20. The average molecular weight is 415 g/mol. The van der Waals surface area contributed by atoms with E-state index in [4.69, 9.17) is 4.74 Å². The summed E-state index contributed by atoms with van der Waals surface area (Å²) in [5, 5.41) is 2.76. The summed E-state index contributed by atoms with van der Waals surface area (Å²) >= 11 is 3.36. The van der Waals surface area contributed by atoms with E-state index in [1.54, 1.807) is 35.7 Å². The number of carbonyl (C=O) groups excluding carboxylic acids is 2. The summed E-state index contributed by atoms with van der Waals surface area (Å²) in [6, 6.07) is 14.9. The van der Waals surface area contributed by atoms with Crippen molar-refractivity contribution < 1.29 is 14.3 Å². The second-order valence-electron chi connectivity index (χ2n) is 6.12. The number of nitrogens with one attached hydrogen (secondary N) is 1. The Hall–Kier alpha value is -2.25. The minimum Gasteiger partial charge on any atom is -0.452 e. The molecule has 0 aliphatic carbocycles. The van der Waals surface area contributed by atoms with Gasteiger partial charge >= 0.3 is 5.97 Å². The molecule has 3 rings (SSSR count). The molecular weight excluding hydrogens is 392 g/mol. The van der Waals surface area contributed by atoms with Crippen molar-refractivity contribution in [3.63, 3.8) is 0 Å². The molecule has 7 heteroatoms. The van der Waals surface area contributed by atoms with E-state index >= 15 is 0 Å². The van der Waals surface area contributed by atoms with Crippen LogP contribution in [-0.2, 0) is 21.7 Å². The summed E-state index contributed by atoms with van der Waals surface area (Å²) < 4.78 is 6.29. The number of thioether (sulfide) groups is 2. The van der Waals surface area contributed by atoms with E-state index in [1.807, 2.05) is 36.4 Å². The van der Waals surface area contributed by atoms with E-state index < -0.39 is 5.97 Å². The molecule has 5 nitrogen and oxygen atoms in total. The molecule has 28 heavy (non-hydrogen) atoms. The lowest BCUT2D eigenvalue weighted by atomic mass is 10.1. The molecule has 1 N–H and O–H groups in total. The lowest BCUT2D eigenvalue weighted by Gasteiger charge is -2.10. The Morgan fingerprint density at radius 3 is 2.86 bits per heavy atom. The molecule has 0 fully saturated rings. The number of hydrogen-bond donors (Lipinski definition) is 1. The molecule has 0 saturated carbocycles. The Bertz CT molecular complexity index is 883. The zero-order chi connectivity index (χ0) is 19.8. The minimum atomic E-state index is -0.491. The van der Waals surface area contributed by atoms with Gasteiger partial charge in [-0.15, -0.1) is 0 Å². The molecule has 2 aromatic carbocycles. The normalized spacial score (nSPS) is 13.1. The highest BCUT2D eigenvalue weighted by molar-refractivity contribution is 8.38. The van der Waals surface area contributed by atoms with Gasteiger partial charge in [0.1, 0.15) is 4.38 Å². The van der Waals surface area contributed by atoms with E-state index in [0.29, 0.717) is 17.0 Å². The van der Waals surface area contributed by atoms with Crippen molar-refractivity contribution in [2.75, 3.05) is 24.2 Å². The quantitative estimate of drug-likeness (QED) is 0.681. The Morgan fingerprint density at radius 2 is 2.07 bits per heavy atom. The van der Waals surface area contributed by atoms with Gasteiger partial charge in [0.25, 0.3) is 5.91 Å². The number of anilines is 1. The summed E-state index contributed by atoms with van der Waals surface area (Å²) in [6.45, 7) is 2.59. The maximum absolute atomic E-state index is 12.5. The van der Waals surface area contributed by atoms with E-state index in [-0.39, 0.29) is 12.5 Å². The van der Waals surface area contributed by atoms with Crippen LogP contribution >= 0.6 is 23.5 Å². The van der Waals surface area contributed by atoms with Crippen LogP contribution < -0.4 is 5.32 Å². The highest BCUT2D eigenvalue weighted by Gasteiger charge is 2.16. The van der Waals surface area contributed by atoms with E-state index in [1.165, 1.54) is 0 Å². The number of benzene rings is 2. The number of nitrogens with zero attached hydrogens (tertiary/aromatic N) is 1. The van der Waals surface area contributed by atoms with Crippen LogP contribution in [-0.4, -0.2) is 35.2 Å². The Morgan fingerprint density at radius 1 is 1.21 bits per heavy atom. The SMILES string of the molecule is CCc1cccc(NC(=O)COC(=O)c2ccccc2CSC2=NCCS2)c1. The minimum absolute atomic E-state index is 0.320. The molecule has 0 radical (unpaired) electrons. The van der Waals surface area contributed by atoms with Crippen LogP contribution in [0.5, 0.6) is 0 Å². The van der Waals surface area contributed by atoms with Gasteiger partial charge in [0.05, 0.1) is 12.1 Å². The van der Waals surface area contributed by atoms with Gasteiger partial charge in [-0.1, -0.05) is 60.8 Å². The third kappa shape index (κ3) is 5.87. The van der Waals surface area contributed by atoms with Crippen molar-refractivity contribution in [3.8, 4) is 0 Å². The van der Waals surface area contributed by atoms with Gasteiger partial charge in [-0.05, 0) is 35.7 Å². The van der Waals surface area contributed by atoms with Crippen LogP contribution in [0.1, 0.15) is 28.4 Å². The Balaban J connectivity index is 1.54. The first-order valence-electron chi connectivity index (χ1n) is 9.09. The van der Waals surface area contributed by atoms with Crippen molar-refractivity contribution in [3.05, 3.63) is 65.2 Å². The molecule has 146 valence electrons. The van der Waals surface area contributed by atoms with Crippen molar-refractivity contribution in [2.24, 2.45) is 4.99 Å². The van der Waals surface area contributed by atoms with Gasteiger partial charge in [0, 0.05) is 17.2 Å². The van der Waals surface area contributed by atoms with Crippen LogP contribution in [0.25, 0.3) is 0 Å². The van der Waals surface area contributed by atoms with Gasteiger partial charge in [-0.2, -0.15) is 0 Å². The molecule has 1 aliphatic rings. The van der Waals surface area contributed by atoms with Gasteiger partial charge in [-0.25, -0.2) is 4.79 Å². The van der Waals surface area contributed by atoms with Gasteiger partial charge < -0.3 is 10.1 Å². The first-order chi connectivity index (χ1) is 13.7. The number of aliphatic imine (C=N–C) groups is 1. The fraction of sp³-hybridized carbons (Fsp3) is 0.286. The van der Waals surface area contributed by atoms with Gasteiger partial charge in [0.15, 0.2) is 6.61 Å². The zero-order valence-corrected chi connectivity index (χ0v) is 17.3. The Kier molecular flexibility index (Phi) is 7.56. The molecule has 1 heterocycles. The predicted molar refractivity (Wildman–Crippen MR) is 117 cm³/mol. The molecule has 1 amide bonds. The third-order valence-corrected chi connectivity index (χ3v) is 6.40. The number of esters is 1. The highest BCUT2D eigenvalue weighted by atomic mass is 32.2. The van der Waals surface area contributed by atoms with Crippen LogP contribution in [0, 0.1) is 0 Å². The maximum Gasteiger partial charge on any atom is 0.338 e. The Labute approximate surface area is 173 Å². The summed E-state index contributed by atoms with van der Waals surface area (Å²) in [4.78, 5) is 29.0. The summed E-state index contributed by atoms with van der Waals surface area (Å²) in [7, 11) is 0. The predicted octanol–water partition coefficient (Wildman–Crippen LogP) is 4.38. The molecule has 0 unspecified atom stereocenters. The van der Waals surface area contributed by atoms with Crippen molar-refractivity contribution in [1.29, 1.82) is 0 Å². The molecule has 0 spiro atoms. The standard InChI is InChI=1S/C21H22N2O3S2/c1-2-15-6-5-8-17(12-15)23-19(24)13-26-20(25)18-9-4-3-7-16(18)14-28-21-22-10-11-27-21/h3-9,12H,2,10-11,13-14H2,1H3,(H,23,24). The largest absolute Gasteiger partial charge is 0.452 e. The van der Waals surface area contributed by atoms with Crippen LogP contribution in [0.2, 0.25) is 0 Å². The second kappa shape index (κ2) is 10.3. The summed E-state index contributed by atoms with van der Waals surface area (Å²) in [5.74, 6) is 0.815. The van der Waals surface area contributed by atoms with Crippen LogP contribution in [0.3, 0.4) is 0 Å². The lowest BCUT2D eigenvalue weighted by molar-refractivity contribution is -0.119. The zero-order valence-electron chi connectivity index (χ0n) is 15.6. The fourth-order valence-electron chi connectivity index (χ4n) is 2.66. The molecular formula is C21H22N2O3S2. The smallest absolute Gasteiger partial charge is 0.338 e. The van der Waals surface area contributed by atoms with Crippen LogP contribution in [0.4, 0.5) is 5.69 Å². The lowest BCUT2D eigenvalue weighted by Crippen LogP contribution is -2.21. The second-order valence-corrected chi connectivity index (χ2v) is 8.43. The molecule has 0 bridgehead atoms. The number of hydrogen-bond acceptors (Lipinski definition) is 6. The molecule has 0 atom stereocenters. The summed E-state index contributed by atoms with van der Waals surface area (Å²) in [6.07, 6.45) is 0.887. The molecule has 2 aromatic rings. The van der Waals surface area contributed by atoms with Crippen molar-refractivity contribution >= 4 is 45.5 Å². The monoisotopic (exact) mass is 414 g/mol. The topological polar surface area (TPSA) is 67.8 Å². The first-order valence-corrected chi connectivity index (χ1v) is 11.1. The van der Waals surface area contributed by atoms with E-state index in [2.05, 4.69) is 17.2 Å². The number of ether oxygens (including phenoxy) is 1. The van der Waals surface area contributed by atoms with Gasteiger partial charge in [0.2, 0.25) is 0 Å². The number of carbonyl (C=O) groups is 2. The number of amides is 1. The average Bonchev–Trinajstić information content (AvgIpc) is 3.24. The van der Waals surface area contributed by atoms with Gasteiger partial charge in [-0.3, -0.25) is 9.79 Å². The third-order valence-electron chi connectivity index (χ3n) is 4.10. The van der Waals surface area contributed by atoms with Crippen LogP contribution in [0.15, 0.2) is 53.5 Å². The highest BCUT2D eigenvalue weighted by Crippen LogP contribution is 2.26. The van der Waals surface area contributed by atoms with E-state index in [9.17, 15) is 9.59 Å².